The summed E-state index contributed by atoms with van der Waals surface area (Å²) >= 11 is 1.54. The molecule has 3 rings (SSSR count). The van der Waals surface area contributed by atoms with Crippen molar-refractivity contribution >= 4 is 31.4 Å². The number of hydrogen-bond acceptors (Lipinski definition) is 4. The first-order chi connectivity index (χ1) is 9.91. The van der Waals surface area contributed by atoms with Crippen molar-refractivity contribution in [1.29, 1.82) is 0 Å². The van der Waals surface area contributed by atoms with E-state index < -0.39 is 10.0 Å². The molecule has 0 saturated carbocycles. The zero-order valence-corrected chi connectivity index (χ0v) is 13.9. The van der Waals surface area contributed by atoms with E-state index in [4.69, 9.17) is 5.73 Å². The van der Waals surface area contributed by atoms with Crippen molar-refractivity contribution < 1.29 is 8.42 Å². The molecule has 1 saturated heterocycles. The maximum atomic E-state index is 13.1. The van der Waals surface area contributed by atoms with Crippen LogP contribution in [0.15, 0.2) is 29.2 Å². The summed E-state index contributed by atoms with van der Waals surface area (Å²) in [5, 5.41) is 0.835. The first-order valence-corrected chi connectivity index (χ1v) is 9.42. The van der Waals surface area contributed by atoms with Gasteiger partial charge in [-0.25, -0.2) is 8.42 Å². The molecule has 2 heterocycles. The zero-order valence-electron chi connectivity index (χ0n) is 12.2. The molecule has 21 heavy (non-hydrogen) atoms. The molecule has 2 aromatic rings. The van der Waals surface area contributed by atoms with Crippen molar-refractivity contribution in [3.63, 3.8) is 0 Å². The SMILES string of the molecule is Cc1sc2ccccc2c1S(=O)(=O)N1CCC(N)CC1C. The molecule has 0 bridgehead atoms. The summed E-state index contributed by atoms with van der Waals surface area (Å²) in [7, 11) is -3.46. The van der Waals surface area contributed by atoms with Gasteiger partial charge >= 0.3 is 0 Å². The Morgan fingerprint density at radius 3 is 2.76 bits per heavy atom. The quantitative estimate of drug-likeness (QED) is 0.924. The second-order valence-corrected chi connectivity index (χ2v) is 8.82. The van der Waals surface area contributed by atoms with Gasteiger partial charge in [-0.2, -0.15) is 4.31 Å². The number of aryl methyl sites for hydroxylation is 1. The largest absolute Gasteiger partial charge is 0.328 e. The highest BCUT2D eigenvalue weighted by molar-refractivity contribution is 7.89. The Labute approximate surface area is 129 Å². The first kappa shape index (κ1) is 15.0. The van der Waals surface area contributed by atoms with Gasteiger partial charge in [0.25, 0.3) is 0 Å². The summed E-state index contributed by atoms with van der Waals surface area (Å²) in [5.41, 5.74) is 5.95. The lowest BCUT2D eigenvalue weighted by molar-refractivity contribution is 0.247. The molecule has 6 heteroatoms. The molecular weight excluding hydrogens is 304 g/mol. The van der Waals surface area contributed by atoms with E-state index in [1.54, 1.807) is 15.6 Å². The van der Waals surface area contributed by atoms with E-state index in [0.717, 1.165) is 27.8 Å². The number of hydrogen-bond donors (Lipinski definition) is 1. The van der Waals surface area contributed by atoms with Crippen LogP contribution in [0.3, 0.4) is 0 Å². The second-order valence-electron chi connectivity index (χ2n) is 5.73. The molecule has 0 aliphatic carbocycles. The minimum absolute atomic E-state index is 0.0446. The zero-order chi connectivity index (χ0) is 15.2. The fourth-order valence-corrected chi connectivity index (χ4v) is 6.55. The van der Waals surface area contributed by atoms with E-state index in [1.165, 1.54) is 0 Å². The van der Waals surface area contributed by atoms with E-state index in [0.29, 0.717) is 11.4 Å². The number of thiophene rings is 1. The highest BCUT2D eigenvalue weighted by Crippen LogP contribution is 2.37. The maximum absolute atomic E-state index is 13.1. The molecule has 0 amide bonds. The highest BCUT2D eigenvalue weighted by Gasteiger charge is 2.35. The topological polar surface area (TPSA) is 63.4 Å². The summed E-state index contributed by atoms with van der Waals surface area (Å²) in [6.45, 7) is 4.34. The molecular formula is C15H20N2O2S2. The lowest BCUT2D eigenvalue weighted by Gasteiger charge is -2.35. The Kier molecular flexibility index (Phi) is 3.81. The van der Waals surface area contributed by atoms with Gasteiger partial charge in [-0.1, -0.05) is 18.2 Å². The molecule has 0 radical (unpaired) electrons. The van der Waals surface area contributed by atoms with Gasteiger partial charge in [0, 0.05) is 33.6 Å². The van der Waals surface area contributed by atoms with Gasteiger partial charge in [-0.3, -0.25) is 0 Å². The van der Waals surface area contributed by atoms with Crippen LogP contribution < -0.4 is 5.73 Å². The van der Waals surface area contributed by atoms with Crippen LogP contribution in [0.1, 0.15) is 24.6 Å². The molecule has 1 aliphatic rings. The molecule has 2 atom stereocenters. The predicted molar refractivity (Wildman–Crippen MR) is 87.1 cm³/mol. The molecule has 1 fully saturated rings. The number of nitrogens with zero attached hydrogens (tertiary/aromatic N) is 1. The van der Waals surface area contributed by atoms with Crippen LogP contribution in [0, 0.1) is 6.92 Å². The monoisotopic (exact) mass is 324 g/mol. The molecule has 2 N–H and O–H groups in total. The lowest BCUT2D eigenvalue weighted by Crippen LogP contribution is -2.48. The highest BCUT2D eigenvalue weighted by atomic mass is 32.2. The predicted octanol–water partition coefficient (Wildman–Crippen LogP) is 2.71. The third-order valence-electron chi connectivity index (χ3n) is 4.14. The second kappa shape index (κ2) is 5.35. The summed E-state index contributed by atoms with van der Waals surface area (Å²) < 4.78 is 28.8. The number of piperidine rings is 1. The molecule has 1 aromatic carbocycles. The van der Waals surface area contributed by atoms with Gasteiger partial charge in [-0.15, -0.1) is 11.3 Å². The standard InChI is InChI=1S/C15H20N2O2S2/c1-10-9-12(16)7-8-17(10)21(18,19)15-11(2)20-14-6-4-3-5-13(14)15/h3-6,10,12H,7-9,16H2,1-2H3. The van der Waals surface area contributed by atoms with Crippen LogP contribution in [-0.4, -0.2) is 31.4 Å². The summed E-state index contributed by atoms with van der Waals surface area (Å²) in [5.74, 6) is 0. The van der Waals surface area contributed by atoms with Gasteiger partial charge < -0.3 is 5.73 Å². The van der Waals surface area contributed by atoms with Gasteiger partial charge in [0.2, 0.25) is 10.0 Å². The van der Waals surface area contributed by atoms with E-state index in [-0.39, 0.29) is 12.1 Å². The van der Waals surface area contributed by atoms with Gasteiger partial charge in [0.15, 0.2) is 0 Å². The minimum Gasteiger partial charge on any atom is -0.328 e. The molecule has 0 spiro atoms. The van der Waals surface area contributed by atoms with E-state index in [2.05, 4.69) is 0 Å². The van der Waals surface area contributed by atoms with E-state index >= 15 is 0 Å². The number of fused-ring (bicyclic) bond motifs is 1. The van der Waals surface area contributed by atoms with Gasteiger partial charge in [0.1, 0.15) is 4.90 Å². The Bertz CT molecular complexity index is 767. The maximum Gasteiger partial charge on any atom is 0.245 e. The Morgan fingerprint density at radius 1 is 1.33 bits per heavy atom. The summed E-state index contributed by atoms with van der Waals surface area (Å²) in [6, 6.07) is 7.76. The third-order valence-corrected chi connectivity index (χ3v) is 7.55. The van der Waals surface area contributed by atoms with Crippen molar-refractivity contribution in [3.8, 4) is 0 Å². The molecule has 1 aliphatic heterocycles. The van der Waals surface area contributed by atoms with Crippen LogP contribution in [0.25, 0.3) is 10.1 Å². The van der Waals surface area contributed by atoms with E-state index in [9.17, 15) is 8.42 Å². The van der Waals surface area contributed by atoms with Crippen LogP contribution in [0.5, 0.6) is 0 Å². The fourth-order valence-electron chi connectivity index (χ4n) is 3.13. The third kappa shape index (κ3) is 2.50. The number of rotatable bonds is 2. The Morgan fingerprint density at radius 2 is 2.05 bits per heavy atom. The van der Waals surface area contributed by atoms with Crippen molar-refractivity contribution in [2.24, 2.45) is 5.73 Å². The smallest absolute Gasteiger partial charge is 0.245 e. The summed E-state index contributed by atoms with van der Waals surface area (Å²) in [6.07, 6.45) is 1.45. The van der Waals surface area contributed by atoms with Crippen molar-refractivity contribution in [2.45, 2.75) is 43.7 Å². The molecule has 114 valence electrons. The van der Waals surface area contributed by atoms with Crippen LogP contribution in [-0.2, 0) is 10.0 Å². The molecule has 4 nitrogen and oxygen atoms in total. The normalized spacial score (nSPS) is 24.5. The average molecular weight is 324 g/mol. The van der Waals surface area contributed by atoms with Crippen LogP contribution in [0.4, 0.5) is 0 Å². The number of nitrogens with two attached hydrogens (primary N) is 1. The van der Waals surface area contributed by atoms with Crippen molar-refractivity contribution in [2.75, 3.05) is 6.54 Å². The average Bonchev–Trinajstić information content (AvgIpc) is 2.74. The fraction of sp³-hybridized carbons (Fsp3) is 0.467. The first-order valence-electron chi connectivity index (χ1n) is 7.17. The van der Waals surface area contributed by atoms with Crippen LogP contribution in [0.2, 0.25) is 0 Å². The summed E-state index contributed by atoms with van der Waals surface area (Å²) in [4.78, 5) is 1.34. The Hall–Kier alpha value is -0.950. The van der Waals surface area contributed by atoms with Crippen LogP contribution >= 0.6 is 11.3 Å². The lowest BCUT2D eigenvalue weighted by atomic mass is 10.0. The van der Waals surface area contributed by atoms with E-state index in [1.807, 2.05) is 38.1 Å². The number of sulfonamides is 1. The molecule has 2 unspecified atom stereocenters. The van der Waals surface area contributed by atoms with Gasteiger partial charge in [0.05, 0.1) is 0 Å². The minimum atomic E-state index is -3.46. The van der Waals surface area contributed by atoms with Crippen molar-refractivity contribution in [3.05, 3.63) is 29.1 Å². The van der Waals surface area contributed by atoms with Crippen molar-refractivity contribution in [1.82, 2.24) is 4.31 Å². The van der Waals surface area contributed by atoms with Gasteiger partial charge in [-0.05, 0) is 32.8 Å². The Balaban J connectivity index is 2.10. The molecule has 1 aromatic heterocycles. The number of benzene rings is 1.